The minimum absolute atomic E-state index is 0.103. The Morgan fingerprint density at radius 3 is 2.48 bits per heavy atom. The summed E-state index contributed by atoms with van der Waals surface area (Å²) in [6.07, 6.45) is -0.115. The van der Waals surface area contributed by atoms with Crippen LogP contribution in [-0.2, 0) is 27.9 Å². The van der Waals surface area contributed by atoms with Crippen molar-refractivity contribution in [2.24, 2.45) is 0 Å². The average Bonchev–Trinajstić information content (AvgIpc) is 2.53. The fraction of sp³-hybridized carbons (Fsp3) is 0.188. The number of aryl methyl sites for hydroxylation is 1. The van der Waals surface area contributed by atoms with Gasteiger partial charge in [-0.05, 0) is 29.7 Å². The normalized spacial score (nSPS) is 11.0. The minimum atomic E-state index is -4.33. The molecule has 1 amide bonds. The second kappa shape index (κ2) is 7.26. The van der Waals surface area contributed by atoms with Crippen LogP contribution < -0.4 is 5.32 Å². The quantitative estimate of drug-likeness (QED) is 0.818. The Balaban J connectivity index is 2.10. The maximum atomic E-state index is 11.9. The van der Waals surface area contributed by atoms with Crippen LogP contribution in [0.1, 0.15) is 18.1 Å². The first-order valence-corrected chi connectivity index (χ1v) is 8.42. The second-order valence-electron chi connectivity index (χ2n) is 4.83. The van der Waals surface area contributed by atoms with E-state index >= 15 is 0 Å². The summed E-state index contributed by atoms with van der Waals surface area (Å²) in [5.41, 5.74) is 1.86. The van der Waals surface area contributed by atoms with E-state index in [1.165, 1.54) is 18.2 Å². The van der Waals surface area contributed by atoms with E-state index in [2.05, 4.69) is 5.32 Å². The van der Waals surface area contributed by atoms with Gasteiger partial charge in [0.25, 0.3) is 10.1 Å². The molecule has 23 heavy (non-hydrogen) atoms. The topological polar surface area (TPSA) is 92.7 Å². The molecule has 0 aliphatic rings. The number of rotatable bonds is 5. The first kappa shape index (κ1) is 17.0. The molecule has 0 radical (unpaired) electrons. The van der Waals surface area contributed by atoms with Gasteiger partial charge in [-0.3, -0.25) is 9.87 Å². The number of carbonyl (C=O) groups excluding carboxylic acids is 1. The zero-order valence-corrected chi connectivity index (χ0v) is 13.3. The number of nitrogens with one attached hydrogen (secondary N) is 1. The van der Waals surface area contributed by atoms with Crippen molar-refractivity contribution in [3.05, 3.63) is 59.7 Å². The number of hydrogen-bond acceptors (Lipinski definition) is 4. The van der Waals surface area contributed by atoms with Crippen molar-refractivity contribution in [3.63, 3.8) is 0 Å². The van der Waals surface area contributed by atoms with Crippen LogP contribution in [0, 0.1) is 0 Å². The van der Waals surface area contributed by atoms with Crippen LogP contribution in [0.3, 0.4) is 0 Å². The Labute approximate surface area is 134 Å². The molecule has 0 aliphatic heterocycles. The van der Waals surface area contributed by atoms with Crippen molar-refractivity contribution < 1.29 is 22.5 Å². The lowest BCUT2D eigenvalue weighted by Crippen LogP contribution is -2.15. The highest BCUT2D eigenvalue weighted by Gasteiger charge is 2.14. The third-order valence-corrected chi connectivity index (χ3v) is 4.06. The maximum absolute atomic E-state index is 11.9. The third kappa shape index (κ3) is 4.80. The highest BCUT2D eigenvalue weighted by atomic mass is 32.2. The smallest absolute Gasteiger partial charge is 0.411 e. The summed E-state index contributed by atoms with van der Waals surface area (Å²) in [5, 5.41) is 2.51. The zero-order valence-electron chi connectivity index (χ0n) is 12.5. The Morgan fingerprint density at radius 1 is 1.17 bits per heavy atom. The Kier molecular flexibility index (Phi) is 5.36. The van der Waals surface area contributed by atoms with Gasteiger partial charge in [0.15, 0.2) is 0 Å². The molecule has 0 heterocycles. The lowest BCUT2D eigenvalue weighted by Gasteiger charge is -2.11. The summed E-state index contributed by atoms with van der Waals surface area (Å²) in [6.45, 7) is 1.97. The summed E-state index contributed by atoms with van der Waals surface area (Å²) in [6, 6.07) is 13.2. The van der Waals surface area contributed by atoms with Crippen LogP contribution in [0.2, 0.25) is 0 Å². The van der Waals surface area contributed by atoms with Gasteiger partial charge in [0.1, 0.15) is 6.61 Å². The number of carbonyl (C=O) groups is 1. The van der Waals surface area contributed by atoms with E-state index in [4.69, 9.17) is 9.29 Å². The molecule has 0 unspecified atom stereocenters. The standard InChI is InChI=1S/C16H17NO5S/c1-2-13-8-9-14(23(19,20)21)10-15(13)17-16(18)22-11-12-6-4-3-5-7-12/h3-10H,2,11H2,1H3,(H,17,18)(H,19,20,21). The minimum Gasteiger partial charge on any atom is -0.444 e. The second-order valence-corrected chi connectivity index (χ2v) is 6.26. The summed E-state index contributed by atoms with van der Waals surface area (Å²) in [5.74, 6) is 0. The molecular weight excluding hydrogens is 318 g/mol. The molecule has 0 aliphatic carbocycles. The number of ether oxygens (including phenoxy) is 1. The molecule has 2 N–H and O–H groups in total. The highest BCUT2D eigenvalue weighted by Crippen LogP contribution is 2.21. The molecule has 0 aromatic heterocycles. The van der Waals surface area contributed by atoms with Gasteiger partial charge in [-0.25, -0.2) is 4.79 Å². The maximum Gasteiger partial charge on any atom is 0.411 e. The molecule has 7 heteroatoms. The summed E-state index contributed by atoms with van der Waals surface area (Å²) in [7, 11) is -4.33. The molecule has 2 aromatic carbocycles. The summed E-state index contributed by atoms with van der Waals surface area (Å²) >= 11 is 0. The van der Waals surface area contributed by atoms with Crippen LogP contribution in [0.15, 0.2) is 53.4 Å². The van der Waals surface area contributed by atoms with Crippen molar-refractivity contribution in [2.75, 3.05) is 5.32 Å². The van der Waals surface area contributed by atoms with Gasteiger partial charge in [-0.1, -0.05) is 43.3 Å². The van der Waals surface area contributed by atoms with Crippen molar-refractivity contribution in [1.82, 2.24) is 0 Å². The molecule has 0 atom stereocenters. The molecular formula is C16H17NO5S. The van der Waals surface area contributed by atoms with Gasteiger partial charge in [0.2, 0.25) is 0 Å². The highest BCUT2D eigenvalue weighted by molar-refractivity contribution is 7.85. The zero-order chi connectivity index (χ0) is 16.9. The first-order valence-electron chi connectivity index (χ1n) is 6.98. The molecule has 0 spiro atoms. The Morgan fingerprint density at radius 2 is 1.87 bits per heavy atom. The van der Waals surface area contributed by atoms with Gasteiger partial charge in [-0.15, -0.1) is 0 Å². The van der Waals surface area contributed by atoms with Gasteiger partial charge in [0.05, 0.1) is 4.90 Å². The van der Waals surface area contributed by atoms with Crippen molar-refractivity contribution in [3.8, 4) is 0 Å². The SMILES string of the molecule is CCc1ccc(S(=O)(=O)O)cc1NC(=O)OCc1ccccc1. The van der Waals surface area contributed by atoms with Crippen LogP contribution >= 0.6 is 0 Å². The number of amides is 1. The molecule has 2 aromatic rings. The fourth-order valence-corrected chi connectivity index (χ4v) is 2.52. The predicted molar refractivity (Wildman–Crippen MR) is 85.9 cm³/mol. The fourth-order valence-electron chi connectivity index (χ4n) is 2.01. The summed E-state index contributed by atoms with van der Waals surface area (Å²) in [4.78, 5) is 11.6. The van der Waals surface area contributed by atoms with Gasteiger partial charge < -0.3 is 4.74 Å². The van der Waals surface area contributed by atoms with Crippen molar-refractivity contribution in [2.45, 2.75) is 24.8 Å². The molecule has 0 saturated heterocycles. The van der Waals surface area contributed by atoms with Crippen LogP contribution in [0.25, 0.3) is 0 Å². The number of anilines is 1. The molecule has 2 rings (SSSR count). The van der Waals surface area contributed by atoms with Crippen molar-refractivity contribution >= 4 is 21.9 Å². The van der Waals surface area contributed by atoms with Gasteiger partial charge in [0, 0.05) is 5.69 Å². The Bertz CT molecular complexity index is 787. The van der Waals surface area contributed by atoms with E-state index in [0.29, 0.717) is 12.1 Å². The van der Waals surface area contributed by atoms with E-state index in [1.54, 1.807) is 0 Å². The predicted octanol–water partition coefficient (Wildman–Crippen LogP) is 3.24. The molecule has 0 bridgehead atoms. The van der Waals surface area contributed by atoms with Gasteiger partial charge in [-0.2, -0.15) is 8.42 Å². The van der Waals surface area contributed by atoms with Crippen LogP contribution in [0.4, 0.5) is 10.5 Å². The molecule has 0 fully saturated rings. The largest absolute Gasteiger partial charge is 0.444 e. The molecule has 0 saturated carbocycles. The lowest BCUT2D eigenvalue weighted by molar-refractivity contribution is 0.155. The van der Waals surface area contributed by atoms with E-state index in [9.17, 15) is 13.2 Å². The van der Waals surface area contributed by atoms with E-state index in [1.807, 2.05) is 37.3 Å². The van der Waals surface area contributed by atoms with E-state index in [0.717, 1.165) is 11.1 Å². The monoisotopic (exact) mass is 335 g/mol. The molecule has 122 valence electrons. The number of hydrogen-bond donors (Lipinski definition) is 2. The molecule has 6 nitrogen and oxygen atoms in total. The van der Waals surface area contributed by atoms with Crippen LogP contribution in [0.5, 0.6) is 0 Å². The van der Waals surface area contributed by atoms with Crippen molar-refractivity contribution in [1.29, 1.82) is 0 Å². The first-order chi connectivity index (χ1) is 10.9. The van der Waals surface area contributed by atoms with Gasteiger partial charge >= 0.3 is 6.09 Å². The van der Waals surface area contributed by atoms with E-state index in [-0.39, 0.29) is 11.5 Å². The summed E-state index contributed by atoms with van der Waals surface area (Å²) < 4.78 is 36.6. The number of benzene rings is 2. The Hall–Kier alpha value is -2.38. The lowest BCUT2D eigenvalue weighted by atomic mass is 10.1. The third-order valence-electron chi connectivity index (χ3n) is 3.21. The van der Waals surface area contributed by atoms with Crippen LogP contribution in [-0.4, -0.2) is 19.1 Å². The average molecular weight is 335 g/mol. The van der Waals surface area contributed by atoms with E-state index < -0.39 is 16.2 Å².